The molecule has 6 nitrogen and oxygen atoms in total. The van der Waals surface area contributed by atoms with Gasteiger partial charge in [0.2, 0.25) is 5.91 Å². The normalized spacial score (nSPS) is 22.9. The van der Waals surface area contributed by atoms with Crippen LogP contribution in [0.25, 0.3) is 0 Å². The molecule has 0 aliphatic carbocycles. The lowest BCUT2D eigenvalue weighted by atomic mass is 9.78. The number of carbonyl (C=O) groups excluding carboxylic acids is 1. The minimum Gasteiger partial charge on any atom is -0.497 e. The number of amides is 1. The highest BCUT2D eigenvalue weighted by atomic mass is 16.5. The number of furan rings is 1. The van der Waals surface area contributed by atoms with Gasteiger partial charge in [-0.15, -0.1) is 0 Å². The molecule has 2 saturated heterocycles. The van der Waals surface area contributed by atoms with Crippen molar-refractivity contribution in [2.24, 2.45) is 5.41 Å². The van der Waals surface area contributed by atoms with E-state index in [1.165, 1.54) is 0 Å². The molecular formula is C22H28N2O4. The van der Waals surface area contributed by atoms with E-state index in [1.807, 2.05) is 41.3 Å². The predicted octanol–water partition coefficient (Wildman–Crippen LogP) is 2.80. The van der Waals surface area contributed by atoms with Gasteiger partial charge in [-0.25, -0.2) is 0 Å². The summed E-state index contributed by atoms with van der Waals surface area (Å²) < 4.78 is 10.9. The van der Waals surface area contributed by atoms with Crippen LogP contribution in [-0.2, 0) is 24.5 Å². The summed E-state index contributed by atoms with van der Waals surface area (Å²) >= 11 is 0. The molecule has 1 aromatic carbocycles. The maximum Gasteiger partial charge on any atom is 0.230 e. The van der Waals surface area contributed by atoms with Crippen molar-refractivity contribution in [2.45, 2.75) is 39.0 Å². The van der Waals surface area contributed by atoms with Crippen molar-refractivity contribution in [2.75, 3.05) is 26.7 Å². The van der Waals surface area contributed by atoms with Gasteiger partial charge in [-0.05, 0) is 55.6 Å². The van der Waals surface area contributed by atoms with Crippen molar-refractivity contribution in [3.05, 3.63) is 53.5 Å². The molecule has 2 fully saturated rings. The van der Waals surface area contributed by atoms with Gasteiger partial charge in [-0.2, -0.15) is 0 Å². The lowest BCUT2D eigenvalue weighted by Crippen LogP contribution is -2.49. The van der Waals surface area contributed by atoms with E-state index in [1.54, 1.807) is 7.11 Å². The van der Waals surface area contributed by atoms with Gasteiger partial charge in [-0.1, -0.05) is 12.1 Å². The van der Waals surface area contributed by atoms with E-state index >= 15 is 0 Å². The highest BCUT2D eigenvalue weighted by Crippen LogP contribution is 2.41. The van der Waals surface area contributed by atoms with Crippen LogP contribution in [0.5, 0.6) is 5.75 Å². The van der Waals surface area contributed by atoms with Crippen LogP contribution in [0.3, 0.4) is 0 Å². The fourth-order valence-electron chi connectivity index (χ4n) is 4.58. The number of nitrogens with zero attached hydrogens (tertiary/aromatic N) is 2. The Kier molecular flexibility index (Phi) is 5.42. The van der Waals surface area contributed by atoms with Crippen LogP contribution in [0, 0.1) is 5.41 Å². The number of rotatable bonds is 6. The number of carbonyl (C=O) groups is 1. The third kappa shape index (κ3) is 3.80. The van der Waals surface area contributed by atoms with Crippen LogP contribution >= 0.6 is 0 Å². The van der Waals surface area contributed by atoms with Crippen LogP contribution in [0.4, 0.5) is 0 Å². The zero-order valence-electron chi connectivity index (χ0n) is 16.4. The number of ether oxygens (including phenoxy) is 1. The third-order valence-corrected chi connectivity index (χ3v) is 6.02. The van der Waals surface area contributed by atoms with Gasteiger partial charge in [0.05, 0.1) is 19.1 Å². The molecule has 1 unspecified atom stereocenters. The topological polar surface area (TPSA) is 66.2 Å². The molecule has 2 aromatic rings. The predicted molar refractivity (Wildman–Crippen MR) is 105 cm³/mol. The van der Waals surface area contributed by atoms with Crippen LogP contribution in [0.15, 0.2) is 40.8 Å². The fourth-order valence-corrected chi connectivity index (χ4v) is 4.58. The average Bonchev–Trinajstić information content (AvgIpc) is 3.34. The van der Waals surface area contributed by atoms with E-state index in [0.717, 1.165) is 56.0 Å². The number of methoxy groups -OCH3 is 1. The van der Waals surface area contributed by atoms with Crippen LogP contribution in [0.1, 0.15) is 36.3 Å². The zero-order chi connectivity index (χ0) is 19.6. The molecule has 1 N–H and O–H groups in total. The summed E-state index contributed by atoms with van der Waals surface area (Å²) in [4.78, 5) is 17.7. The maximum absolute atomic E-state index is 13.4. The molecule has 0 bridgehead atoms. The quantitative estimate of drug-likeness (QED) is 0.830. The Hall–Kier alpha value is -2.31. The lowest BCUT2D eigenvalue weighted by Gasteiger charge is -2.39. The van der Waals surface area contributed by atoms with Gasteiger partial charge in [0, 0.05) is 19.6 Å². The monoisotopic (exact) mass is 384 g/mol. The Morgan fingerprint density at radius 2 is 2.00 bits per heavy atom. The van der Waals surface area contributed by atoms with Crippen molar-refractivity contribution in [3.8, 4) is 5.75 Å². The van der Waals surface area contributed by atoms with Gasteiger partial charge in [-0.3, -0.25) is 9.69 Å². The zero-order valence-corrected chi connectivity index (χ0v) is 16.4. The summed E-state index contributed by atoms with van der Waals surface area (Å²) in [7, 11) is 1.66. The van der Waals surface area contributed by atoms with E-state index in [0.29, 0.717) is 18.8 Å². The molecule has 1 atom stereocenters. The first-order valence-electron chi connectivity index (χ1n) is 9.95. The summed E-state index contributed by atoms with van der Waals surface area (Å²) in [6.07, 6.45) is 2.89. The number of aliphatic hydroxyl groups excluding tert-OH is 1. The largest absolute Gasteiger partial charge is 0.497 e. The number of piperidine rings is 1. The summed E-state index contributed by atoms with van der Waals surface area (Å²) in [5.41, 5.74) is 0.829. The molecule has 2 aliphatic rings. The molecule has 1 aromatic heterocycles. The summed E-state index contributed by atoms with van der Waals surface area (Å²) in [5, 5.41) is 9.16. The summed E-state index contributed by atoms with van der Waals surface area (Å²) in [5.74, 6) is 2.53. The molecule has 150 valence electrons. The van der Waals surface area contributed by atoms with Gasteiger partial charge in [0.25, 0.3) is 0 Å². The minimum atomic E-state index is -0.274. The molecule has 2 aliphatic heterocycles. The number of hydrogen-bond donors (Lipinski definition) is 1. The SMILES string of the molecule is COc1cccc(CN2CCCC3(CCN(Cc4ccc(CO)o4)C3)C2=O)c1. The van der Waals surface area contributed by atoms with Crippen LogP contribution in [-0.4, -0.2) is 47.6 Å². The Morgan fingerprint density at radius 1 is 1.14 bits per heavy atom. The molecule has 6 heteroatoms. The standard InChI is InChI=1S/C22H28N2O4/c1-27-18-5-2-4-17(12-18)13-24-10-3-8-22(21(24)26)9-11-23(16-22)14-19-6-7-20(15-25)28-19/h2,4-7,12,25H,3,8-11,13-16H2,1H3. The van der Waals surface area contributed by atoms with Gasteiger partial charge in [0.1, 0.15) is 23.9 Å². The smallest absolute Gasteiger partial charge is 0.230 e. The molecular weight excluding hydrogens is 356 g/mol. The van der Waals surface area contributed by atoms with E-state index in [9.17, 15) is 4.79 Å². The van der Waals surface area contributed by atoms with Crippen molar-refractivity contribution in [3.63, 3.8) is 0 Å². The number of likely N-dealkylation sites (tertiary alicyclic amines) is 2. The van der Waals surface area contributed by atoms with Gasteiger partial charge in [0.15, 0.2) is 0 Å². The Labute approximate surface area is 165 Å². The second-order valence-electron chi connectivity index (χ2n) is 7.95. The van der Waals surface area contributed by atoms with Crippen molar-refractivity contribution in [1.29, 1.82) is 0 Å². The molecule has 0 radical (unpaired) electrons. The second kappa shape index (κ2) is 7.97. The molecule has 28 heavy (non-hydrogen) atoms. The minimum absolute atomic E-state index is 0.0817. The average molecular weight is 384 g/mol. The first-order valence-corrected chi connectivity index (χ1v) is 9.95. The maximum atomic E-state index is 13.4. The van der Waals surface area contributed by atoms with E-state index in [2.05, 4.69) is 4.90 Å². The van der Waals surface area contributed by atoms with E-state index in [-0.39, 0.29) is 17.9 Å². The molecule has 3 heterocycles. The number of aliphatic hydroxyl groups is 1. The molecule has 0 saturated carbocycles. The molecule has 1 spiro atoms. The Bertz CT molecular complexity index is 833. The van der Waals surface area contributed by atoms with Gasteiger partial charge < -0.3 is 19.2 Å². The van der Waals surface area contributed by atoms with Crippen LogP contribution < -0.4 is 4.74 Å². The molecule has 4 rings (SSSR count). The summed E-state index contributed by atoms with van der Waals surface area (Å²) in [6, 6.07) is 11.7. The number of benzene rings is 1. The van der Waals surface area contributed by atoms with Crippen molar-refractivity contribution < 1.29 is 19.1 Å². The van der Waals surface area contributed by atoms with E-state index < -0.39 is 0 Å². The second-order valence-corrected chi connectivity index (χ2v) is 7.95. The van der Waals surface area contributed by atoms with Crippen molar-refractivity contribution >= 4 is 5.91 Å². The Morgan fingerprint density at radius 3 is 2.79 bits per heavy atom. The third-order valence-electron chi connectivity index (χ3n) is 6.02. The molecule has 1 amide bonds. The lowest BCUT2D eigenvalue weighted by molar-refractivity contribution is -0.146. The highest BCUT2D eigenvalue weighted by Gasteiger charge is 2.48. The number of hydrogen-bond acceptors (Lipinski definition) is 5. The highest BCUT2D eigenvalue weighted by molar-refractivity contribution is 5.84. The Balaban J connectivity index is 1.42. The van der Waals surface area contributed by atoms with Gasteiger partial charge >= 0.3 is 0 Å². The van der Waals surface area contributed by atoms with Crippen molar-refractivity contribution in [1.82, 2.24) is 9.80 Å². The fraction of sp³-hybridized carbons (Fsp3) is 0.500. The first kappa shape index (κ1) is 19.0. The van der Waals surface area contributed by atoms with Crippen LogP contribution in [0.2, 0.25) is 0 Å². The first-order chi connectivity index (χ1) is 13.6. The van der Waals surface area contributed by atoms with E-state index in [4.69, 9.17) is 14.3 Å². The summed E-state index contributed by atoms with van der Waals surface area (Å²) in [6.45, 7) is 3.72.